The highest BCUT2D eigenvalue weighted by Gasteiger charge is 2.49. The van der Waals surface area contributed by atoms with E-state index in [0.29, 0.717) is 0 Å². The number of nitrogens with zero attached hydrogens (tertiary/aromatic N) is 2. The van der Waals surface area contributed by atoms with E-state index < -0.39 is 51.7 Å². The molecule has 1 aliphatic rings. The van der Waals surface area contributed by atoms with Crippen molar-refractivity contribution in [3.63, 3.8) is 0 Å². The van der Waals surface area contributed by atoms with Gasteiger partial charge in [-0.15, -0.1) is 0 Å². The second kappa shape index (κ2) is 10.1. The number of hydrazone groups is 1. The van der Waals surface area contributed by atoms with E-state index in [-0.39, 0.29) is 30.1 Å². The fourth-order valence-corrected chi connectivity index (χ4v) is 3.96. The lowest BCUT2D eigenvalue weighted by molar-refractivity contribution is -0.150. The lowest BCUT2D eigenvalue weighted by Crippen LogP contribution is -2.42. The van der Waals surface area contributed by atoms with Gasteiger partial charge in [-0.3, -0.25) is 4.79 Å². The Balaban J connectivity index is 1.97. The highest BCUT2D eigenvalue weighted by Crippen LogP contribution is 2.39. The number of carbonyl (C=O) groups excluding carboxylic acids is 2. The number of urea groups is 1. The molecule has 1 aliphatic heterocycles. The van der Waals surface area contributed by atoms with Crippen molar-refractivity contribution in [3.05, 3.63) is 58.1 Å². The van der Waals surface area contributed by atoms with Crippen LogP contribution in [0.3, 0.4) is 0 Å². The Morgan fingerprint density at radius 2 is 1.70 bits per heavy atom. The number of halogens is 7. The largest absolute Gasteiger partial charge is 0.496 e. The van der Waals surface area contributed by atoms with Crippen LogP contribution in [-0.4, -0.2) is 43.0 Å². The van der Waals surface area contributed by atoms with Crippen molar-refractivity contribution in [3.8, 4) is 5.75 Å². The molecule has 0 fully saturated rings. The predicted octanol–water partition coefficient (Wildman–Crippen LogP) is 6.21. The number of rotatable bonds is 5. The van der Waals surface area contributed by atoms with Gasteiger partial charge < -0.3 is 14.8 Å². The molecule has 200 valence electrons. The molecular weight excluding hydrogens is 532 g/mol. The molecule has 1 heterocycles. The number of benzene rings is 2. The van der Waals surface area contributed by atoms with Crippen LogP contribution in [-0.2, 0) is 21.9 Å². The van der Waals surface area contributed by atoms with Crippen LogP contribution in [0, 0.1) is 5.41 Å². The molecule has 0 spiro atoms. The van der Waals surface area contributed by atoms with E-state index in [9.17, 15) is 35.9 Å². The van der Waals surface area contributed by atoms with Gasteiger partial charge in [-0.05, 0) is 38.1 Å². The van der Waals surface area contributed by atoms with Crippen LogP contribution >= 0.6 is 11.6 Å². The Labute approximate surface area is 212 Å². The molecule has 2 aromatic carbocycles. The number of carbonyl (C=O) groups is 2. The molecule has 0 aromatic heterocycles. The fraction of sp³-hybridized carbons (Fsp3) is 0.348. The van der Waals surface area contributed by atoms with E-state index in [1.807, 2.05) is 0 Å². The number of esters is 1. The molecule has 14 heteroatoms. The first-order valence-corrected chi connectivity index (χ1v) is 11.0. The van der Waals surface area contributed by atoms with Gasteiger partial charge in [0.2, 0.25) is 0 Å². The molecule has 3 rings (SSSR count). The highest BCUT2D eigenvalue weighted by molar-refractivity contribution is 6.32. The topological polar surface area (TPSA) is 80.2 Å². The molecule has 1 N–H and O–H groups in total. The SMILES string of the molecule is CCOC(=O)C1(C)CN(C(=O)Nc2ccc(C(F)(F)F)c(OC)c2)N=C1c1ccc(C(F)(F)F)c(Cl)c1. The van der Waals surface area contributed by atoms with Gasteiger partial charge in [-0.2, -0.15) is 31.4 Å². The lowest BCUT2D eigenvalue weighted by Gasteiger charge is -2.24. The molecule has 0 aliphatic carbocycles. The molecule has 1 unspecified atom stereocenters. The molecule has 1 atom stereocenters. The Hall–Kier alpha value is -3.48. The van der Waals surface area contributed by atoms with Gasteiger partial charge in [0.25, 0.3) is 0 Å². The van der Waals surface area contributed by atoms with E-state index in [0.717, 1.165) is 48.5 Å². The summed E-state index contributed by atoms with van der Waals surface area (Å²) in [5, 5.41) is 6.67. The smallest absolute Gasteiger partial charge is 0.419 e. The molecule has 0 saturated carbocycles. The molecule has 7 nitrogen and oxygen atoms in total. The number of hydrogen-bond acceptors (Lipinski definition) is 5. The Bertz CT molecular complexity index is 1250. The van der Waals surface area contributed by atoms with Crippen molar-refractivity contribution in [1.29, 1.82) is 0 Å². The molecule has 0 bridgehead atoms. The molecule has 2 amide bonds. The monoisotopic (exact) mass is 551 g/mol. The van der Waals surface area contributed by atoms with E-state index in [1.165, 1.54) is 6.92 Å². The zero-order chi connectivity index (χ0) is 27.8. The van der Waals surface area contributed by atoms with Crippen LogP contribution in [0.25, 0.3) is 0 Å². The van der Waals surface area contributed by atoms with Crippen molar-refractivity contribution < 1.29 is 45.4 Å². The van der Waals surface area contributed by atoms with Crippen LogP contribution in [0.5, 0.6) is 5.75 Å². The Kier molecular flexibility index (Phi) is 7.68. The minimum atomic E-state index is -4.72. The van der Waals surface area contributed by atoms with Gasteiger partial charge in [0, 0.05) is 17.3 Å². The minimum absolute atomic E-state index is 0.0208. The Morgan fingerprint density at radius 1 is 1.08 bits per heavy atom. The number of methoxy groups -OCH3 is 1. The van der Waals surface area contributed by atoms with Crippen molar-refractivity contribution in [2.45, 2.75) is 26.2 Å². The molecule has 37 heavy (non-hydrogen) atoms. The van der Waals surface area contributed by atoms with Gasteiger partial charge in [-0.1, -0.05) is 17.7 Å². The third kappa shape index (κ3) is 5.76. The lowest BCUT2D eigenvalue weighted by atomic mass is 9.82. The van der Waals surface area contributed by atoms with Crippen molar-refractivity contribution in [2.75, 3.05) is 25.6 Å². The van der Waals surface area contributed by atoms with Gasteiger partial charge in [0.05, 0.1) is 42.1 Å². The van der Waals surface area contributed by atoms with Gasteiger partial charge in [0.15, 0.2) is 0 Å². The van der Waals surface area contributed by atoms with Crippen molar-refractivity contribution in [2.24, 2.45) is 10.5 Å². The van der Waals surface area contributed by atoms with E-state index in [4.69, 9.17) is 21.1 Å². The average molecular weight is 552 g/mol. The number of nitrogens with one attached hydrogen (secondary N) is 1. The summed E-state index contributed by atoms with van der Waals surface area (Å²) in [6.07, 6.45) is -9.40. The summed E-state index contributed by atoms with van der Waals surface area (Å²) >= 11 is 5.83. The van der Waals surface area contributed by atoms with Gasteiger partial charge >= 0.3 is 24.4 Å². The second-order valence-electron chi connectivity index (χ2n) is 8.09. The van der Waals surface area contributed by atoms with Crippen LogP contribution in [0.2, 0.25) is 5.02 Å². The maximum atomic E-state index is 13.1. The van der Waals surface area contributed by atoms with Crippen LogP contribution in [0.4, 0.5) is 36.8 Å². The maximum absolute atomic E-state index is 13.1. The average Bonchev–Trinajstić information content (AvgIpc) is 3.16. The summed E-state index contributed by atoms with van der Waals surface area (Å²) in [7, 11) is 1.03. The van der Waals surface area contributed by atoms with E-state index in [1.54, 1.807) is 6.92 Å². The second-order valence-corrected chi connectivity index (χ2v) is 8.50. The van der Waals surface area contributed by atoms with Crippen LogP contribution in [0.1, 0.15) is 30.5 Å². The van der Waals surface area contributed by atoms with Gasteiger partial charge in [0.1, 0.15) is 11.2 Å². The summed E-state index contributed by atoms with van der Waals surface area (Å²) in [6.45, 7) is 2.55. The molecule has 0 radical (unpaired) electrons. The summed E-state index contributed by atoms with van der Waals surface area (Å²) in [5.74, 6) is -1.33. The number of amides is 2. The summed E-state index contributed by atoms with van der Waals surface area (Å²) < 4.78 is 88.6. The van der Waals surface area contributed by atoms with Gasteiger partial charge in [-0.25, -0.2) is 9.80 Å². The third-order valence-electron chi connectivity index (χ3n) is 5.48. The summed E-state index contributed by atoms with van der Waals surface area (Å²) in [5.41, 5.74) is -3.84. The zero-order valence-electron chi connectivity index (χ0n) is 19.6. The molecule has 2 aromatic rings. The quantitative estimate of drug-likeness (QED) is 0.354. The third-order valence-corrected chi connectivity index (χ3v) is 5.79. The minimum Gasteiger partial charge on any atom is -0.496 e. The first-order valence-electron chi connectivity index (χ1n) is 10.6. The van der Waals surface area contributed by atoms with Crippen molar-refractivity contribution in [1.82, 2.24) is 5.01 Å². The molecule has 0 saturated heterocycles. The van der Waals surface area contributed by atoms with Crippen molar-refractivity contribution >= 4 is 35.0 Å². The Morgan fingerprint density at radius 3 is 2.24 bits per heavy atom. The predicted molar refractivity (Wildman–Crippen MR) is 121 cm³/mol. The first kappa shape index (κ1) is 28.1. The summed E-state index contributed by atoms with van der Waals surface area (Å²) in [6, 6.07) is 4.52. The fourth-order valence-electron chi connectivity index (χ4n) is 3.67. The summed E-state index contributed by atoms with van der Waals surface area (Å²) in [4.78, 5) is 25.7. The van der Waals surface area contributed by atoms with Crippen LogP contribution < -0.4 is 10.1 Å². The highest BCUT2D eigenvalue weighted by atomic mass is 35.5. The zero-order valence-corrected chi connectivity index (χ0v) is 20.3. The normalized spacial score (nSPS) is 17.9. The molecular formula is C23H20ClF6N3O4. The van der Waals surface area contributed by atoms with E-state index in [2.05, 4.69) is 10.4 Å². The first-order chi connectivity index (χ1) is 17.1. The van der Waals surface area contributed by atoms with Crippen LogP contribution in [0.15, 0.2) is 41.5 Å². The van der Waals surface area contributed by atoms with E-state index >= 15 is 0 Å². The maximum Gasteiger partial charge on any atom is 0.419 e. The number of anilines is 1. The number of hydrogen-bond donors (Lipinski definition) is 1. The number of ether oxygens (including phenoxy) is 2. The number of alkyl halides is 6. The standard InChI is InChI=1S/C23H20ClF6N3O4/c1-4-37-19(34)21(2)11-33(32-18(21)12-5-7-14(16(24)9-12)22(25,26)27)20(35)31-13-6-8-15(23(28,29)30)17(10-13)36-3/h5-10H,4,11H2,1-3H3,(H,31,35).